The van der Waals surface area contributed by atoms with Crippen molar-refractivity contribution in [2.24, 2.45) is 5.84 Å². The molecule has 1 aromatic rings. The van der Waals surface area contributed by atoms with Crippen molar-refractivity contribution in [3.8, 4) is 0 Å². The molecule has 0 amide bonds. The second-order valence-corrected chi connectivity index (χ2v) is 4.53. The number of hydrogen-bond donors (Lipinski definition) is 3. The average molecular weight is 235 g/mol. The third-order valence-electron chi connectivity index (χ3n) is 3.38. The summed E-state index contributed by atoms with van der Waals surface area (Å²) < 4.78 is 0. The Bertz CT molecular complexity index is 360. The molecule has 1 fully saturated rings. The lowest BCUT2D eigenvalue weighted by atomic mass is 9.95. The Kier molecular flexibility index (Phi) is 4.14. The largest absolute Gasteiger partial charge is 0.367 e. The van der Waals surface area contributed by atoms with Crippen molar-refractivity contribution in [3.05, 3.63) is 11.9 Å². The van der Waals surface area contributed by atoms with Crippen LogP contribution in [0.15, 0.2) is 6.33 Å². The van der Waals surface area contributed by atoms with Gasteiger partial charge in [0.1, 0.15) is 18.0 Å². The summed E-state index contributed by atoms with van der Waals surface area (Å²) in [5.41, 5.74) is 3.70. The fraction of sp³-hybridized carbons (Fsp3) is 0.667. The molecule has 1 heterocycles. The molecule has 5 nitrogen and oxygen atoms in total. The maximum Gasteiger partial charge on any atom is 0.148 e. The van der Waals surface area contributed by atoms with E-state index in [1.165, 1.54) is 32.1 Å². The average Bonchev–Trinajstić information content (AvgIpc) is 2.39. The summed E-state index contributed by atoms with van der Waals surface area (Å²) in [4.78, 5) is 8.47. The second-order valence-electron chi connectivity index (χ2n) is 4.53. The molecule has 2 rings (SSSR count). The molecule has 17 heavy (non-hydrogen) atoms. The molecule has 0 atom stereocenters. The molecular formula is C12H21N5. The van der Waals surface area contributed by atoms with Crippen molar-refractivity contribution in [2.75, 3.05) is 10.7 Å². The lowest BCUT2D eigenvalue weighted by molar-refractivity contribution is 0.461. The van der Waals surface area contributed by atoms with Crippen LogP contribution < -0.4 is 16.6 Å². The highest BCUT2D eigenvalue weighted by Gasteiger charge is 2.16. The highest BCUT2D eigenvalue weighted by molar-refractivity contribution is 5.57. The van der Waals surface area contributed by atoms with Gasteiger partial charge in [0.25, 0.3) is 0 Å². The molecule has 0 spiro atoms. The van der Waals surface area contributed by atoms with Gasteiger partial charge >= 0.3 is 0 Å². The Hall–Kier alpha value is -1.36. The zero-order valence-electron chi connectivity index (χ0n) is 10.4. The van der Waals surface area contributed by atoms with E-state index in [4.69, 9.17) is 5.84 Å². The van der Waals surface area contributed by atoms with Crippen LogP contribution in [-0.2, 0) is 6.42 Å². The van der Waals surface area contributed by atoms with Gasteiger partial charge in [-0.1, -0.05) is 26.2 Å². The van der Waals surface area contributed by atoms with Gasteiger partial charge in [-0.15, -0.1) is 0 Å². The van der Waals surface area contributed by atoms with E-state index in [1.54, 1.807) is 6.33 Å². The van der Waals surface area contributed by atoms with Gasteiger partial charge in [-0.3, -0.25) is 0 Å². The van der Waals surface area contributed by atoms with Crippen LogP contribution >= 0.6 is 0 Å². The first-order valence-corrected chi connectivity index (χ1v) is 6.42. The van der Waals surface area contributed by atoms with E-state index >= 15 is 0 Å². The first-order chi connectivity index (χ1) is 8.35. The quantitative estimate of drug-likeness (QED) is 0.550. The number of nitrogens with two attached hydrogens (primary N) is 1. The normalized spacial score (nSPS) is 16.8. The SMILES string of the molecule is CCc1c(NN)ncnc1NC1CCCCC1. The van der Waals surface area contributed by atoms with Crippen molar-refractivity contribution >= 4 is 11.6 Å². The third kappa shape index (κ3) is 2.85. The summed E-state index contributed by atoms with van der Waals surface area (Å²) >= 11 is 0. The number of anilines is 2. The lowest BCUT2D eigenvalue weighted by Gasteiger charge is -2.24. The van der Waals surface area contributed by atoms with Gasteiger partial charge in [0.15, 0.2) is 0 Å². The molecule has 0 saturated heterocycles. The zero-order chi connectivity index (χ0) is 12.1. The Balaban J connectivity index is 2.13. The molecule has 4 N–H and O–H groups in total. The number of hydrogen-bond acceptors (Lipinski definition) is 5. The van der Waals surface area contributed by atoms with Gasteiger partial charge in [-0.2, -0.15) is 0 Å². The molecule has 0 aromatic carbocycles. The van der Waals surface area contributed by atoms with E-state index in [2.05, 4.69) is 27.6 Å². The topological polar surface area (TPSA) is 75.9 Å². The molecule has 94 valence electrons. The predicted octanol–water partition coefficient (Wildman–Crippen LogP) is 2.07. The van der Waals surface area contributed by atoms with Crippen molar-refractivity contribution in [2.45, 2.75) is 51.5 Å². The van der Waals surface area contributed by atoms with Crippen LogP contribution in [0, 0.1) is 0 Å². The number of nitrogens with zero attached hydrogens (tertiary/aromatic N) is 2. The Morgan fingerprint density at radius 3 is 2.59 bits per heavy atom. The first kappa shape index (κ1) is 12.1. The van der Waals surface area contributed by atoms with Crippen LogP contribution in [0.25, 0.3) is 0 Å². The number of rotatable bonds is 4. The molecule has 0 radical (unpaired) electrons. The van der Waals surface area contributed by atoms with Crippen LogP contribution in [-0.4, -0.2) is 16.0 Å². The van der Waals surface area contributed by atoms with Gasteiger partial charge in [-0.25, -0.2) is 15.8 Å². The van der Waals surface area contributed by atoms with Crippen molar-refractivity contribution in [3.63, 3.8) is 0 Å². The van der Waals surface area contributed by atoms with Crippen LogP contribution in [0.1, 0.15) is 44.6 Å². The fourth-order valence-electron chi connectivity index (χ4n) is 2.44. The molecule has 0 unspecified atom stereocenters. The maximum atomic E-state index is 5.46. The van der Waals surface area contributed by atoms with E-state index < -0.39 is 0 Å². The smallest absolute Gasteiger partial charge is 0.148 e. The fourth-order valence-corrected chi connectivity index (χ4v) is 2.44. The molecule has 0 bridgehead atoms. The Morgan fingerprint density at radius 1 is 1.24 bits per heavy atom. The number of nitrogens with one attached hydrogen (secondary N) is 2. The van der Waals surface area contributed by atoms with Crippen LogP contribution in [0.5, 0.6) is 0 Å². The molecule has 1 aliphatic rings. The second kappa shape index (κ2) is 5.82. The lowest BCUT2D eigenvalue weighted by Crippen LogP contribution is -2.24. The molecule has 5 heteroatoms. The van der Waals surface area contributed by atoms with E-state index in [1.807, 2.05) is 0 Å². The Labute approximate surface area is 102 Å². The summed E-state index contributed by atoms with van der Waals surface area (Å²) in [5, 5.41) is 3.53. The number of nitrogen functional groups attached to an aromatic ring is 1. The summed E-state index contributed by atoms with van der Waals surface area (Å²) in [7, 11) is 0. The van der Waals surface area contributed by atoms with E-state index in [-0.39, 0.29) is 0 Å². The molecule has 0 aliphatic heterocycles. The molecule has 1 aromatic heterocycles. The highest BCUT2D eigenvalue weighted by Crippen LogP contribution is 2.25. The van der Waals surface area contributed by atoms with Crippen LogP contribution in [0.2, 0.25) is 0 Å². The first-order valence-electron chi connectivity index (χ1n) is 6.42. The van der Waals surface area contributed by atoms with Crippen LogP contribution in [0.4, 0.5) is 11.6 Å². The number of hydrazine groups is 1. The van der Waals surface area contributed by atoms with Crippen molar-refractivity contribution < 1.29 is 0 Å². The third-order valence-corrected chi connectivity index (χ3v) is 3.38. The predicted molar refractivity (Wildman–Crippen MR) is 69.7 cm³/mol. The summed E-state index contributed by atoms with van der Waals surface area (Å²) in [5.74, 6) is 7.12. The molecule has 1 aliphatic carbocycles. The molecule has 1 saturated carbocycles. The van der Waals surface area contributed by atoms with E-state index in [0.717, 1.165) is 23.6 Å². The van der Waals surface area contributed by atoms with Gasteiger partial charge in [0, 0.05) is 11.6 Å². The van der Waals surface area contributed by atoms with Gasteiger partial charge < -0.3 is 10.7 Å². The van der Waals surface area contributed by atoms with Gasteiger partial charge in [-0.05, 0) is 19.3 Å². The highest BCUT2D eigenvalue weighted by atomic mass is 15.3. The minimum absolute atomic E-state index is 0.551. The van der Waals surface area contributed by atoms with Crippen molar-refractivity contribution in [1.29, 1.82) is 0 Å². The van der Waals surface area contributed by atoms with Gasteiger partial charge in [0.2, 0.25) is 0 Å². The van der Waals surface area contributed by atoms with Crippen LogP contribution in [0.3, 0.4) is 0 Å². The minimum atomic E-state index is 0.551. The zero-order valence-corrected chi connectivity index (χ0v) is 10.4. The Morgan fingerprint density at radius 2 is 1.94 bits per heavy atom. The van der Waals surface area contributed by atoms with Gasteiger partial charge in [0.05, 0.1) is 0 Å². The standard InChI is InChI=1S/C12H21N5/c1-2-10-11(14-8-15-12(10)17-13)16-9-6-4-3-5-7-9/h8-9H,2-7,13H2,1H3,(H2,14,15,16,17). The monoisotopic (exact) mass is 235 g/mol. The van der Waals surface area contributed by atoms with E-state index in [9.17, 15) is 0 Å². The minimum Gasteiger partial charge on any atom is -0.367 e. The maximum absolute atomic E-state index is 5.46. The summed E-state index contributed by atoms with van der Waals surface area (Å²) in [6.07, 6.45) is 8.88. The summed E-state index contributed by atoms with van der Waals surface area (Å²) in [6.45, 7) is 2.09. The van der Waals surface area contributed by atoms with E-state index in [0.29, 0.717) is 6.04 Å². The number of aromatic nitrogens is 2. The summed E-state index contributed by atoms with van der Waals surface area (Å²) in [6, 6.07) is 0.551. The molecular weight excluding hydrogens is 214 g/mol. The van der Waals surface area contributed by atoms with Crippen molar-refractivity contribution in [1.82, 2.24) is 9.97 Å².